The number of aromatic nitrogens is 1. The summed E-state index contributed by atoms with van der Waals surface area (Å²) in [5.74, 6) is 0.0501. The normalized spacial score (nSPS) is 22.3. The molecule has 0 bridgehead atoms. The van der Waals surface area contributed by atoms with Crippen molar-refractivity contribution in [3.8, 4) is 0 Å². The number of benzene rings is 1. The van der Waals surface area contributed by atoms with Gasteiger partial charge in [-0.2, -0.15) is 0 Å². The van der Waals surface area contributed by atoms with Gasteiger partial charge in [-0.25, -0.2) is 0 Å². The van der Waals surface area contributed by atoms with Crippen molar-refractivity contribution in [1.82, 2.24) is 14.8 Å². The van der Waals surface area contributed by atoms with Crippen LogP contribution < -0.4 is 4.90 Å². The zero-order valence-electron chi connectivity index (χ0n) is 18.9. The molecule has 0 saturated carbocycles. The summed E-state index contributed by atoms with van der Waals surface area (Å²) < 4.78 is 0. The van der Waals surface area contributed by atoms with Crippen molar-refractivity contribution >= 4 is 17.5 Å². The highest BCUT2D eigenvalue weighted by Gasteiger charge is 2.41. The minimum atomic E-state index is -0.353. The van der Waals surface area contributed by atoms with E-state index in [1.807, 2.05) is 42.2 Å². The largest absolute Gasteiger partial charge is 0.343 e. The quantitative estimate of drug-likeness (QED) is 0.734. The van der Waals surface area contributed by atoms with E-state index >= 15 is 0 Å². The minimum absolute atomic E-state index is 0.0708. The number of hydrogen-bond donors (Lipinski definition) is 0. The van der Waals surface area contributed by atoms with Crippen LogP contribution in [0.3, 0.4) is 0 Å². The van der Waals surface area contributed by atoms with Gasteiger partial charge in [-0.15, -0.1) is 0 Å². The highest BCUT2D eigenvalue weighted by atomic mass is 16.2. The van der Waals surface area contributed by atoms with Crippen LogP contribution >= 0.6 is 0 Å². The second-order valence-electron chi connectivity index (χ2n) is 9.38. The van der Waals surface area contributed by atoms with E-state index in [2.05, 4.69) is 9.88 Å². The number of anilines is 1. The average molecular weight is 433 g/mol. The predicted molar refractivity (Wildman–Crippen MR) is 125 cm³/mol. The number of fused-ring (bicyclic) bond motifs is 1. The Morgan fingerprint density at radius 2 is 1.72 bits per heavy atom. The van der Waals surface area contributed by atoms with Gasteiger partial charge in [-0.3, -0.25) is 19.5 Å². The summed E-state index contributed by atoms with van der Waals surface area (Å²) >= 11 is 0. The van der Waals surface area contributed by atoms with Crippen LogP contribution in [0.25, 0.3) is 0 Å². The molecule has 168 valence electrons. The Labute approximate surface area is 190 Å². The van der Waals surface area contributed by atoms with Gasteiger partial charge >= 0.3 is 0 Å². The van der Waals surface area contributed by atoms with E-state index in [4.69, 9.17) is 0 Å². The summed E-state index contributed by atoms with van der Waals surface area (Å²) in [5.41, 5.74) is 3.28. The number of amides is 2. The Balaban J connectivity index is 1.30. The number of pyridine rings is 1. The number of likely N-dealkylation sites (tertiary alicyclic amines) is 2. The Morgan fingerprint density at radius 1 is 1.00 bits per heavy atom. The molecule has 0 unspecified atom stereocenters. The zero-order valence-corrected chi connectivity index (χ0v) is 18.9. The fraction of sp³-hybridized carbons (Fsp3) is 0.500. The van der Waals surface area contributed by atoms with Gasteiger partial charge in [0, 0.05) is 31.0 Å². The summed E-state index contributed by atoms with van der Waals surface area (Å²) in [6.07, 6.45) is 8.04. The first kappa shape index (κ1) is 21.1. The fourth-order valence-electron chi connectivity index (χ4n) is 5.51. The molecule has 3 aliphatic heterocycles. The van der Waals surface area contributed by atoms with Gasteiger partial charge in [0.05, 0.1) is 23.7 Å². The molecule has 1 aromatic carbocycles. The van der Waals surface area contributed by atoms with Crippen LogP contribution in [0.15, 0.2) is 42.6 Å². The highest BCUT2D eigenvalue weighted by molar-refractivity contribution is 6.11. The van der Waals surface area contributed by atoms with Crippen molar-refractivity contribution in [2.24, 2.45) is 0 Å². The molecular formula is C26H32N4O2. The molecule has 1 atom stereocenters. The van der Waals surface area contributed by atoms with Crippen LogP contribution in [0.5, 0.6) is 0 Å². The maximum atomic E-state index is 13.3. The molecule has 2 fully saturated rings. The molecule has 6 nitrogen and oxygen atoms in total. The maximum absolute atomic E-state index is 13.3. The Bertz CT molecular complexity index is 976. The molecular weight excluding hydrogens is 400 g/mol. The van der Waals surface area contributed by atoms with Gasteiger partial charge in [0.25, 0.3) is 5.91 Å². The van der Waals surface area contributed by atoms with E-state index in [1.165, 1.54) is 32.4 Å². The molecule has 32 heavy (non-hydrogen) atoms. The van der Waals surface area contributed by atoms with E-state index in [0.717, 1.165) is 42.9 Å². The smallest absolute Gasteiger partial charge is 0.260 e. The molecule has 0 aliphatic carbocycles. The number of carbonyl (C=O) groups excluding carboxylic acids is 2. The first-order valence-corrected chi connectivity index (χ1v) is 12.0. The summed E-state index contributed by atoms with van der Waals surface area (Å²) in [4.78, 5) is 37.5. The summed E-state index contributed by atoms with van der Waals surface area (Å²) in [7, 11) is 0. The summed E-state index contributed by atoms with van der Waals surface area (Å²) in [6, 6.07) is 11.8. The van der Waals surface area contributed by atoms with Gasteiger partial charge in [0.1, 0.15) is 0 Å². The number of piperidine rings is 2. The van der Waals surface area contributed by atoms with Gasteiger partial charge in [0.15, 0.2) is 0 Å². The van der Waals surface area contributed by atoms with Crippen molar-refractivity contribution in [3.63, 3.8) is 0 Å². The van der Waals surface area contributed by atoms with Crippen LogP contribution in [0.2, 0.25) is 0 Å². The molecule has 5 rings (SSSR count). The van der Waals surface area contributed by atoms with Crippen molar-refractivity contribution in [1.29, 1.82) is 0 Å². The highest BCUT2D eigenvalue weighted by Crippen LogP contribution is 2.38. The lowest BCUT2D eigenvalue weighted by atomic mass is 9.99. The number of hydrogen-bond acceptors (Lipinski definition) is 4. The summed E-state index contributed by atoms with van der Waals surface area (Å²) in [6.45, 7) is 6.05. The van der Waals surface area contributed by atoms with E-state index in [0.29, 0.717) is 11.6 Å². The van der Waals surface area contributed by atoms with E-state index < -0.39 is 0 Å². The lowest BCUT2D eigenvalue weighted by molar-refractivity contribution is -0.133. The number of carbonyl (C=O) groups is 2. The summed E-state index contributed by atoms with van der Waals surface area (Å²) in [5, 5.41) is 0. The maximum Gasteiger partial charge on any atom is 0.260 e. The SMILES string of the molecule is Cc1ccc(N2C(=O)c3cccnc3[C@H]2CC(=O)N2CCC(N3CCCCC3)CC2)cc1. The van der Waals surface area contributed by atoms with Gasteiger partial charge in [-0.05, 0) is 70.0 Å². The van der Waals surface area contributed by atoms with Crippen molar-refractivity contribution in [3.05, 3.63) is 59.4 Å². The van der Waals surface area contributed by atoms with Crippen molar-refractivity contribution in [2.75, 3.05) is 31.1 Å². The molecule has 0 radical (unpaired) electrons. The fourth-order valence-corrected chi connectivity index (χ4v) is 5.51. The van der Waals surface area contributed by atoms with Crippen LogP contribution in [-0.2, 0) is 4.79 Å². The van der Waals surface area contributed by atoms with Crippen LogP contribution in [0.1, 0.15) is 66.2 Å². The van der Waals surface area contributed by atoms with Gasteiger partial charge < -0.3 is 9.80 Å². The Morgan fingerprint density at radius 3 is 2.44 bits per heavy atom. The van der Waals surface area contributed by atoms with Crippen LogP contribution in [-0.4, -0.2) is 58.8 Å². The molecule has 6 heteroatoms. The number of rotatable bonds is 4. The lowest BCUT2D eigenvalue weighted by Crippen LogP contribution is -2.48. The van der Waals surface area contributed by atoms with E-state index in [9.17, 15) is 9.59 Å². The Kier molecular flexibility index (Phi) is 5.96. The molecule has 3 aliphatic rings. The van der Waals surface area contributed by atoms with Gasteiger partial charge in [0.2, 0.25) is 5.91 Å². The van der Waals surface area contributed by atoms with E-state index in [-0.39, 0.29) is 24.3 Å². The predicted octanol–water partition coefficient (Wildman–Crippen LogP) is 3.96. The first-order chi connectivity index (χ1) is 15.6. The topological polar surface area (TPSA) is 56.8 Å². The van der Waals surface area contributed by atoms with E-state index in [1.54, 1.807) is 17.2 Å². The molecule has 2 saturated heterocycles. The molecule has 0 N–H and O–H groups in total. The standard InChI is InChI=1S/C26H32N4O2/c1-19-7-9-21(10-8-19)30-23(25-22(26(30)32)6-5-13-27-25)18-24(31)29-16-11-20(12-17-29)28-14-3-2-4-15-28/h5-10,13,20,23H,2-4,11-12,14-18H2,1H3/t23-/m1/s1. The van der Waals surface area contributed by atoms with Gasteiger partial charge in [-0.1, -0.05) is 24.1 Å². The molecule has 0 spiro atoms. The molecule has 4 heterocycles. The minimum Gasteiger partial charge on any atom is -0.343 e. The van der Waals surface area contributed by atoms with Crippen molar-refractivity contribution < 1.29 is 9.59 Å². The zero-order chi connectivity index (χ0) is 22.1. The third kappa shape index (κ3) is 4.04. The first-order valence-electron chi connectivity index (χ1n) is 12.0. The second kappa shape index (κ2) is 9.02. The second-order valence-corrected chi connectivity index (χ2v) is 9.38. The Hall–Kier alpha value is -2.73. The monoisotopic (exact) mass is 432 g/mol. The number of aryl methyl sites for hydroxylation is 1. The lowest BCUT2D eigenvalue weighted by Gasteiger charge is -2.40. The number of nitrogens with zero attached hydrogens (tertiary/aromatic N) is 4. The average Bonchev–Trinajstić information content (AvgIpc) is 3.12. The molecule has 2 amide bonds. The van der Waals surface area contributed by atoms with Crippen LogP contribution in [0.4, 0.5) is 5.69 Å². The van der Waals surface area contributed by atoms with Crippen molar-refractivity contribution in [2.45, 2.75) is 57.5 Å². The van der Waals surface area contributed by atoms with Crippen LogP contribution in [0, 0.1) is 6.92 Å². The molecule has 1 aromatic heterocycles. The molecule has 2 aromatic rings. The third-order valence-electron chi connectivity index (χ3n) is 7.32. The third-order valence-corrected chi connectivity index (χ3v) is 7.32.